The van der Waals surface area contributed by atoms with Crippen molar-refractivity contribution in [1.82, 2.24) is 10.2 Å². The number of likely N-dealkylation sites (tertiary alicyclic amines) is 1. The van der Waals surface area contributed by atoms with E-state index < -0.39 is 5.82 Å². The van der Waals surface area contributed by atoms with Crippen molar-refractivity contribution < 1.29 is 14.0 Å². The van der Waals surface area contributed by atoms with Crippen LogP contribution in [0.25, 0.3) is 0 Å². The predicted molar refractivity (Wildman–Crippen MR) is 89.4 cm³/mol. The monoisotopic (exact) mass is 334 g/mol. The smallest absolute Gasteiger partial charge is 0.321 e. The van der Waals surface area contributed by atoms with E-state index in [1.54, 1.807) is 4.90 Å². The van der Waals surface area contributed by atoms with Crippen LogP contribution in [0.3, 0.4) is 0 Å². The van der Waals surface area contributed by atoms with Gasteiger partial charge in [0.15, 0.2) is 0 Å². The molecule has 1 aromatic rings. The van der Waals surface area contributed by atoms with Gasteiger partial charge in [-0.05, 0) is 43.9 Å². The molecule has 0 spiro atoms. The third-order valence-corrected chi connectivity index (χ3v) is 4.92. The minimum Gasteiger partial charge on any atom is -0.339 e. The summed E-state index contributed by atoms with van der Waals surface area (Å²) in [4.78, 5) is 27.6. The molecule has 2 heterocycles. The third-order valence-electron chi connectivity index (χ3n) is 4.92. The average Bonchev–Trinajstić information content (AvgIpc) is 3.01. The molecular formula is C17H23FN4O2. The lowest BCUT2D eigenvalue weighted by atomic mass is 9.90. The van der Waals surface area contributed by atoms with E-state index in [9.17, 15) is 14.0 Å². The topological polar surface area (TPSA) is 78.7 Å². The van der Waals surface area contributed by atoms with Gasteiger partial charge in [0.1, 0.15) is 5.82 Å². The summed E-state index contributed by atoms with van der Waals surface area (Å²) in [6.07, 6.45) is 1.67. The van der Waals surface area contributed by atoms with E-state index in [0.29, 0.717) is 37.8 Å². The third kappa shape index (κ3) is 3.21. The van der Waals surface area contributed by atoms with Crippen molar-refractivity contribution >= 4 is 17.6 Å². The average molecular weight is 334 g/mol. The number of hydrogen-bond donors (Lipinski definition) is 2. The summed E-state index contributed by atoms with van der Waals surface area (Å²) in [5.74, 6) is -0.478. The molecule has 0 aliphatic carbocycles. The van der Waals surface area contributed by atoms with E-state index in [1.165, 1.54) is 23.1 Å². The Morgan fingerprint density at radius 1 is 1.33 bits per heavy atom. The lowest BCUT2D eigenvalue weighted by molar-refractivity contribution is 0.0676. The highest BCUT2D eigenvalue weighted by Crippen LogP contribution is 2.25. The van der Waals surface area contributed by atoms with Crippen LogP contribution in [0.1, 0.15) is 30.1 Å². The van der Waals surface area contributed by atoms with Crippen molar-refractivity contribution in [1.29, 1.82) is 0 Å². The van der Waals surface area contributed by atoms with Crippen molar-refractivity contribution in [2.75, 3.05) is 31.1 Å². The van der Waals surface area contributed by atoms with Crippen molar-refractivity contribution in [3.63, 3.8) is 0 Å². The van der Waals surface area contributed by atoms with Crippen molar-refractivity contribution in [2.45, 2.75) is 25.8 Å². The van der Waals surface area contributed by atoms with Crippen molar-refractivity contribution in [2.24, 2.45) is 11.7 Å². The van der Waals surface area contributed by atoms with Crippen molar-refractivity contribution in [3.05, 3.63) is 29.6 Å². The SMILES string of the molecule is CC(N)C1CCN(C(=O)c2cc(N3CCNC3=O)ccc2F)CC1. The highest BCUT2D eigenvalue weighted by atomic mass is 19.1. The molecule has 0 radical (unpaired) electrons. The van der Waals surface area contributed by atoms with E-state index in [-0.39, 0.29) is 23.5 Å². The summed E-state index contributed by atoms with van der Waals surface area (Å²) < 4.78 is 14.2. The minimum absolute atomic E-state index is 0.0199. The van der Waals surface area contributed by atoms with Gasteiger partial charge in [-0.1, -0.05) is 0 Å². The Morgan fingerprint density at radius 3 is 2.62 bits per heavy atom. The van der Waals surface area contributed by atoms with Crippen LogP contribution in [0.4, 0.5) is 14.9 Å². The van der Waals surface area contributed by atoms with Gasteiger partial charge in [-0.2, -0.15) is 0 Å². The quantitative estimate of drug-likeness (QED) is 0.880. The number of nitrogens with two attached hydrogens (primary N) is 1. The highest BCUT2D eigenvalue weighted by molar-refractivity contribution is 5.98. The first-order valence-corrected chi connectivity index (χ1v) is 8.37. The number of nitrogens with zero attached hydrogens (tertiary/aromatic N) is 2. The summed E-state index contributed by atoms with van der Waals surface area (Å²) in [7, 11) is 0. The number of amides is 3. The number of carbonyl (C=O) groups is 2. The molecule has 0 saturated carbocycles. The first-order valence-electron chi connectivity index (χ1n) is 8.37. The summed E-state index contributed by atoms with van der Waals surface area (Å²) in [6, 6.07) is 4.14. The molecule has 130 valence electrons. The number of hydrogen-bond acceptors (Lipinski definition) is 3. The summed E-state index contributed by atoms with van der Waals surface area (Å²) >= 11 is 0. The van der Waals surface area contributed by atoms with Crippen LogP contribution in [0.2, 0.25) is 0 Å². The van der Waals surface area contributed by atoms with Gasteiger partial charge < -0.3 is 16.0 Å². The lowest BCUT2D eigenvalue weighted by Crippen LogP contribution is -2.42. The molecule has 2 saturated heterocycles. The van der Waals surface area contributed by atoms with E-state index in [0.717, 1.165) is 12.8 Å². The van der Waals surface area contributed by atoms with Gasteiger partial charge in [0.25, 0.3) is 5.91 Å². The van der Waals surface area contributed by atoms with Crippen LogP contribution in [0.15, 0.2) is 18.2 Å². The molecule has 24 heavy (non-hydrogen) atoms. The van der Waals surface area contributed by atoms with Gasteiger partial charge in [0.2, 0.25) is 0 Å². The Kier molecular flexibility index (Phi) is 4.71. The van der Waals surface area contributed by atoms with Gasteiger partial charge in [-0.25, -0.2) is 9.18 Å². The second-order valence-electron chi connectivity index (χ2n) is 6.54. The van der Waals surface area contributed by atoms with Gasteiger partial charge in [-0.15, -0.1) is 0 Å². The van der Waals surface area contributed by atoms with Gasteiger partial charge in [0, 0.05) is 37.9 Å². The van der Waals surface area contributed by atoms with Crippen LogP contribution in [0, 0.1) is 11.7 Å². The van der Waals surface area contributed by atoms with Crippen LogP contribution in [-0.2, 0) is 0 Å². The fourth-order valence-electron chi connectivity index (χ4n) is 3.36. The Morgan fingerprint density at radius 2 is 2.04 bits per heavy atom. The number of nitrogens with one attached hydrogen (secondary N) is 1. The molecular weight excluding hydrogens is 311 g/mol. The Labute approximate surface area is 140 Å². The van der Waals surface area contributed by atoms with Crippen molar-refractivity contribution in [3.8, 4) is 0 Å². The Bertz CT molecular complexity index is 641. The first-order chi connectivity index (χ1) is 11.5. The van der Waals surface area contributed by atoms with E-state index in [2.05, 4.69) is 5.32 Å². The molecule has 7 heteroatoms. The lowest BCUT2D eigenvalue weighted by Gasteiger charge is -2.34. The van der Waals surface area contributed by atoms with Gasteiger partial charge >= 0.3 is 6.03 Å². The summed E-state index contributed by atoms with van der Waals surface area (Å²) in [6.45, 7) is 4.20. The zero-order valence-corrected chi connectivity index (χ0v) is 13.8. The normalized spacial score (nSPS) is 20.2. The zero-order chi connectivity index (χ0) is 17.3. The summed E-state index contributed by atoms with van der Waals surface area (Å²) in [5, 5.41) is 2.70. The molecule has 2 fully saturated rings. The van der Waals surface area contributed by atoms with Crippen LogP contribution >= 0.6 is 0 Å². The molecule has 3 amide bonds. The molecule has 0 bridgehead atoms. The van der Waals surface area contributed by atoms with Gasteiger partial charge in [0.05, 0.1) is 5.56 Å². The Hall–Kier alpha value is -2.15. The highest BCUT2D eigenvalue weighted by Gasteiger charge is 2.28. The fraction of sp³-hybridized carbons (Fsp3) is 0.529. The molecule has 0 aromatic heterocycles. The molecule has 6 nitrogen and oxygen atoms in total. The molecule has 3 rings (SSSR count). The molecule has 1 unspecified atom stereocenters. The van der Waals surface area contributed by atoms with E-state index in [1.807, 2.05) is 6.92 Å². The van der Waals surface area contributed by atoms with Crippen LogP contribution in [0.5, 0.6) is 0 Å². The van der Waals surface area contributed by atoms with E-state index in [4.69, 9.17) is 5.73 Å². The number of rotatable bonds is 3. The number of benzene rings is 1. The number of urea groups is 1. The number of anilines is 1. The second kappa shape index (κ2) is 6.76. The predicted octanol–water partition coefficient (Wildman–Crippen LogP) is 1.55. The molecule has 3 N–H and O–H groups in total. The maximum absolute atomic E-state index is 14.2. The van der Waals surface area contributed by atoms with Crippen LogP contribution in [-0.4, -0.2) is 49.1 Å². The minimum atomic E-state index is -0.558. The number of piperidine rings is 1. The van der Waals surface area contributed by atoms with Gasteiger partial charge in [-0.3, -0.25) is 9.69 Å². The number of carbonyl (C=O) groups excluding carboxylic acids is 2. The zero-order valence-electron chi connectivity index (χ0n) is 13.8. The number of halogens is 1. The summed E-state index contributed by atoms with van der Waals surface area (Å²) in [5.41, 5.74) is 6.48. The molecule has 2 aliphatic heterocycles. The molecule has 1 atom stereocenters. The largest absolute Gasteiger partial charge is 0.339 e. The fourth-order valence-corrected chi connectivity index (χ4v) is 3.36. The Balaban J connectivity index is 1.76. The molecule has 2 aliphatic rings. The standard InChI is InChI=1S/C17H23FN4O2/c1-11(19)12-4-7-21(8-5-12)16(23)14-10-13(2-3-15(14)18)22-9-6-20-17(22)24/h2-3,10-12H,4-9,19H2,1H3,(H,20,24). The molecule has 1 aromatic carbocycles. The maximum Gasteiger partial charge on any atom is 0.321 e. The second-order valence-corrected chi connectivity index (χ2v) is 6.54. The van der Waals surface area contributed by atoms with Crippen LogP contribution < -0.4 is 16.0 Å². The first kappa shape index (κ1) is 16.7. The maximum atomic E-state index is 14.2. The van der Waals surface area contributed by atoms with E-state index >= 15 is 0 Å².